The number of rotatable bonds is 4. The molecule has 6 nitrogen and oxygen atoms in total. The first kappa shape index (κ1) is 17.2. The Morgan fingerprint density at radius 3 is 2.19 bits per heavy atom. The summed E-state index contributed by atoms with van der Waals surface area (Å²) >= 11 is 1.36. The van der Waals surface area contributed by atoms with E-state index in [2.05, 4.69) is 15.3 Å². The highest BCUT2D eigenvalue weighted by Crippen LogP contribution is 2.28. The van der Waals surface area contributed by atoms with Crippen molar-refractivity contribution < 1.29 is 4.79 Å². The Balaban J connectivity index is 1.62. The zero-order chi connectivity index (χ0) is 18.8. The number of nitrogens with zero attached hydrogens (tertiary/aromatic N) is 5. The summed E-state index contributed by atoms with van der Waals surface area (Å²) in [6.45, 7) is 3.74. The average molecular weight is 375 g/mol. The summed E-state index contributed by atoms with van der Waals surface area (Å²) < 4.78 is 1.96. The van der Waals surface area contributed by atoms with Crippen molar-refractivity contribution in [2.24, 2.45) is 5.10 Å². The minimum absolute atomic E-state index is 0.145. The van der Waals surface area contributed by atoms with Gasteiger partial charge in [-0.1, -0.05) is 48.2 Å². The third-order valence-corrected chi connectivity index (χ3v) is 4.98. The number of carbonyl (C=O) groups excluding carboxylic acids is 1. The lowest BCUT2D eigenvalue weighted by atomic mass is 10.2. The van der Waals surface area contributed by atoms with Gasteiger partial charge >= 0.3 is 0 Å². The maximum absolute atomic E-state index is 12.8. The van der Waals surface area contributed by atoms with Crippen molar-refractivity contribution in [2.45, 2.75) is 19.0 Å². The fourth-order valence-electron chi connectivity index (χ4n) is 2.80. The molecule has 0 fully saturated rings. The molecular weight excluding hydrogens is 358 g/mol. The van der Waals surface area contributed by atoms with Crippen LogP contribution in [0.3, 0.4) is 0 Å². The molecule has 0 spiro atoms. The number of thioether (sulfide) groups is 1. The minimum Gasteiger partial charge on any atom is -0.274 e. The highest BCUT2D eigenvalue weighted by atomic mass is 32.2. The van der Waals surface area contributed by atoms with Crippen LogP contribution in [0.2, 0.25) is 0 Å². The van der Waals surface area contributed by atoms with Crippen LogP contribution in [0.4, 0.5) is 5.69 Å². The number of anilines is 1. The lowest BCUT2D eigenvalue weighted by Crippen LogP contribution is -2.21. The van der Waals surface area contributed by atoms with Crippen molar-refractivity contribution in [3.05, 3.63) is 77.5 Å². The van der Waals surface area contributed by atoms with Crippen LogP contribution < -0.4 is 5.01 Å². The minimum atomic E-state index is -0.145. The monoisotopic (exact) mass is 375 g/mol. The number of hydrogen-bond donors (Lipinski definition) is 0. The smallest absolute Gasteiger partial charge is 0.274 e. The molecule has 2 heterocycles. The maximum atomic E-state index is 12.8. The van der Waals surface area contributed by atoms with Crippen LogP contribution in [0.1, 0.15) is 12.7 Å². The van der Waals surface area contributed by atoms with Gasteiger partial charge in [0.05, 0.1) is 17.0 Å². The number of aromatic nitrogens is 3. The highest BCUT2D eigenvalue weighted by molar-refractivity contribution is 8.02. The second-order valence-electron chi connectivity index (χ2n) is 5.99. The molecule has 1 aromatic heterocycles. The Labute approximate surface area is 161 Å². The number of carbonyl (C=O) groups is 1. The molecule has 134 valence electrons. The predicted octanol–water partition coefficient (Wildman–Crippen LogP) is 3.97. The van der Waals surface area contributed by atoms with Crippen LogP contribution in [0.5, 0.6) is 0 Å². The Bertz CT molecular complexity index is 1040. The van der Waals surface area contributed by atoms with Gasteiger partial charge in [-0.3, -0.25) is 9.36 Å². The molecule has 1 aliphatic rings. The van der Waals surface area contributed by atoms with Gasteiger partial charge in [-0.25, -0.2) is 0 Å². The van der Waals surface area contributed by atoms with Crippen LogP contribution in [0, 0.1) is 6.92 Å². The topological polar surface area (TPSA) is 63.4 Å². The van der Waals surface area contributed by atoms with E-state index in [1.54, 1.807) is 5.41 Å². The molecule has 0 aliphatic carbocycles. The molecular formula is C20H17N5OS. The van der Waals surface area contributed by atoms with Crippen LogP contribution in [0.25, 0.3) is 5.69 Å². The SMILES string of the molecule is CC1=NN(c2ccccc2)C(=O)/C1=C/Sc1nnc(C)n1-c1ccccc1. The zero-order valence-corrected chi connectivity index (χ0v) is 15.7. The second kappa shape index (κ2) is 7.20. The molecule has 1 aliphatic heterocycles. The Hall–Kier alpha value is -3.19. The molecule has 3 aromatic rings. The molecule has 1 amide bonds. The van der Waals surface area contributed by atoms with Crippen LogP contribution >= 0.6 is 11.8 Å². The summed E-state index contributed by atoms with van der Waals surface area (Å²) in [6, 6.07) is 19.3. The molecule has 0 saturated carbocycles. The van der Waals surface area contributed by atoms with Gasteiger partial charge in [0.1, 0.15) is 5.82 Å². The first-order valence-electron chi connectivity index (χ1n) is 8.44. The number of aryl methyl sites for hydroxylation is 1. The summed E-state index contributed by atoms with van der Waals surface area (Å²) in [7, 11) is 0. The Morgan fingerprint density at radius 2 is 1.52 bits per heavy atom. The van der Waals surface area contributed by atoms with Crippen molar-refractivity contribution in [1.82, 2.24) is 14.8 Å². The quantitative estimate of drug-likeness (QED) is 0.511. The summed E-state index contributed by atoms with van der Waals surface area (Å²) in [5.41, 5.74) is 2.97. The van der Waals surface area contributed by atoms with Gasteiger partial charge in [0.2, 0.25) is 0 Å². The largest absolute Gasteiger partial charge is 0.281 e. The standard InChI is InChI=1S/C20H17N5OS/c1-14-18(19(26)25(23-14)17-11-7-4-8-12-17)13-27-20-22-21-15(2)24(20)16-9-5-3-6-10-16/h3-13H,1-2H3/b18-13+. The predicted molar refractivity (Wildman–Crippen MR) is 107 cm³/mol. The molecule has 0 atom stereocenters. The fourth-order valence-corrected chi connectivity index (χ4v) is 3.73. The van der Waals surface area contributed by atoms with Crippen molar-refractivity contribution in [3.63, 3.8) is 0 Å². The van der Waals surface area contributed by atoms with Gasteiger partial charge in [-0.15, -0.1) is 10.2 Å². The third-order valence-electron chi connectivity index (χ3n) is 4.16. The number of hydrogen-bond acceptors (Lipinski definition) is 5. The van der Waals surface area contributed by atoms with Gasteiger partial charge < -0.3 is 0 Å². The first-order valence-corrected chi connectivity index (χ1v) is 9.32. The first-order chi connectivity index (χ1) is 13.1. The molecule has 7 heteroatoms. The molecule has 0 bridgehead atoms. The van der Waals surface area contributed by atoms with E-state index in [0.29, 0.717) is 16.4 Å². The third kappa shape index (κ3) is 3.29. The van der Waals surface area contributed by atoms with E-state index < -0.39 is 0 Å². The van der Waals surface area contributed by atoms with E-state index in [1.165, 1.54) is 16.8 Å². The summed E-state index contributed by atoms with van der Waals surface area (Å²) in [6.07, 6.45) is 0. The molecule has 27 heavy (non-hydrogen) atoms. The van der Waals surface area contributed by atoms with E-state index in [1.807, 2.05) is 79.1 Å². The molecule has 2 aromatic carbocycles. The van der Waals surface area contributed by atoms with E-state index in [0.717, 1.165) is 17.2 Å². The maximum Gasteiger partial charge on any atom is 0.281 e. The Kier molecular flexibility index (Phi) is 4.60. The van der Waals surface area contributed by atoms with Gasteiger partial charge in [0.15, 0.2) is 5.16 Å². The van der Waals surface area contributed by atoms with E-state index in [9.17, 15) is 4.79 Å². The van der Waals surface area contributed by atoms with E-state index in [4.69, 9.17) is 0 Å². The van der Waals surface area contributed by atoms with Crippen molar-refractivity contribution in [3.8, 4) is 5.69 Å². The van der Waals surface area contributed by atoms with Crippen molar-refractivity contribution >= 4 is 29.1 Å². The lowest BCUT2D eigenvalue weighted by molar-refractivity contribution is -0.114. The molecule has 0 radical (unpaired) electrons. The molecule has 0 saturated heterocycles. The molecule has 0 N–H and O–H groups in total. The van der Waals surface area contributed by atoms with Crippen molar-refractivity contribution in [1.29, 1.82) is 0 Å². The summed E-state index contributed by atoms with van der Waals surface area (Å²) in [5.74, 6) is 0.643. The average Bonchev–Trinajstić information content (AvgIpc) is 3.21. The van der Waals surface area contributed by atoms with E-state index in [-0.39, 0.29) is 5.91 Å². The normalized spacial score (nSPS) is 15.5. The lowest BCUT2D eigenvalue weighted by Gasteiger charge is -2.11. The van der Waals surface area contributed by atoms with E-state index >= 15 is 0 Å². The highest BCUT2D eigenvalue weighted by Gasteiger charge is 2.28. The van der Waals surface area contributed by atoms with Crippen molar-refractivity contribution in [2.75, 3.05) is 5.01 Å². The fraction of sp³-hybridized carbons (Fsp3) is 0.100. The van der Waals surface area contributed by atoms with Crippen LogP contribution in [-0.2, 0) is 4.79 Å². The van der Waals surface area contributed by atoms with Gasteiger partial charge in [-0.05, 0) is 43.5 Å². The number of benzene rings is 2. The summed E-state index contributed by atoms with van der Waals surface area (Å²) in [5, 5.41) is 16.7. The van der Waals surface area contributed by atoms with Gasteiger partial charge in [0.25, 0.3) is 5.91 Å². The van der Waals surface area contributed by atoms with Crippen LogP contribution in [0.15, 0.2) is 81.9 Å². The Morgan fingerprint density at radius 1 is 0.889 bits per heavy atom. The molecule has 0 unspecified atom stereocenters. The molecule has 4 rings (SSSR count). The number of para-hydroxylation sites is 2. The zero-order valence-electron chi connectivity index (χ0n) is 14.9. The van der Waals surface area contributed by atoms with Gasteiger partial charge in [0, 0.05) is 5.69 Å². The number of amides is 1. The number of hydrazone groups is 1. The van der Waals surface area contributed by atoms with Crippen LogP contribution in [-0.4, -0.2) is 26.4 Å². The second-order valence-corrected chi connectivity index (χ2v) is 6.82. The van der Waals surface area contributed by atoms with Gasteiger partial charge in [-0.2, -0.15) is 10.1 Å². The summed E-state index contributed by atoms with van der Waals surface area (Å²) in [4.78, 5) is 12.8.